The number of carboxylic acids is 2. The van der Waals surface area contributed by atoms with Crippen molar-refractivity contribution in [2.24, 2.45) is 22.4 Å². The predicted octanol–water partition coefficient (Wildman–Crippen LogP) is -4.54. The lowest BCUT2D eigenvalue weighted by Gasteiger charge is -2.25. The molecule has 0 aliphatic carbocycles. The number of nitrogens with one attached hydrogen (secondary N) is 5. The molecule has 11 N–H and O–H groups in total. The van der Waals surface area contributed by atoms with E-state index in [1.807, 2.05) is 5.32 Å². The number of rotatable bonds is 9. The number of aliphatic carboxylic acids is 2. The van der Waals surface area contributed by atoms with Crippen molar-refractivity contribution in [2.45, 2.75) is 63.7 Å². The van der Waals surface area contributed by atoms with Gasteiger partial charge in [-0.15, -0.1) is 0 Å². The van der Waals surface area contributed by atoms with E-state index >= 15 is 0 Å². The molecular weight excluding hydrogens is 580 g/mol. The molecule has 0 saturated carbocycles. The fraction of sp³-hybridized carbons (Fsp3) is 0.652. The van der Waals surface area contributed by atoms with E-state index in [4.69, 9.17) is 16.6 Å². The largest absolute Gasteiger partial charge is 0.481 e. The molecule has 236 valence electrons. The summed E-state index contributed by atoms with van der Waals surface area (Å²) in [6, 6.07) is -5.92. The van der Waals surface area contributed by atoms with Gasteiger partial charge >= 0.3 is 11.9 Å². The zero-order valence-electron chi connectivity index (χ0n) is 23.2. The average Bonchev–Trinajstić information content (AvgIpc) is 2.86. The van der Waals surface area contributed by atoms with Crippen LogP contribution in [0.5, 0.6) is 0 Å². The molecule has 0 aromatic rings. The van der Waals surface area contributed by atoms with Gasteiger partial charge in [0, 0.05) is 17.3 Å². The first-order valence-corrected chi connectivity index (χ1v) is 14.4. The van der Waals surface area contributed by atoms with Gasteiger partial charge in [-0.1, -0.05) is 13.8 Å². The van der Waals surface area contributed by atoms with Gasteiger partial charge in [-0.25, -0.2) is 4.79 Å². The summed E-state index contributed by atoms with van der Waals surface area (Å²) in [7, 11) is -2.15. The van der Waals surface area contributed by atoms with E-state index in [1.165, 1.54) is 0 Å². The Hall–Kier alpha value is -4.29. The minimum Gasteiger partial charge on any atom is -0.481 e. The molecule has 0 aromatic heterocycles. The molecule has 1 saturated heterocycles. The molecule has 5 amide bonds. The lowest BCUT2D eigenvalue weighted by Crippen LogP contribution is -2.57. The number of guanidine groups is 1. The third kappa shape index (κ3) is 13.9. The molecular formula is C23H38N8O10S. The number of carbonyl (C=O) groups is 7. The summed E-state index contributed by atoms with van der Waals surface area (Å²) < 4.78 is 12.6. The zero-order valence-corrected chi connectivity index (χ0v) is 24.0. The Kier molecular flexibility index (Phi) is 14.9. The Morgan fingerprint density at radius 1 is 0.929 bits per heavy atom. The Labute approximate surface area is 243 Å². The van der Waals surface area contributed by atoms with Gasteiger partial charge in [0.15, 0.2) is 5.96 Å². The van der Waals surface area contributed by atoms with Crippen molar-refractivity contribution < 1.29 is 48.0 Å². The highest BCUT2D eigenvalue weighted by atomic mass is 32.2. The molecule has 1 aliphatic rings. The summed E-state index contributed by atoms with van der Waals surface area (Å²) in [5.41, 5.74) is 10.6. The Morgan fingerprint density at radius 3 is 2.12 bits per heavy atom. The van der Waals surface area contributed by atoms with Crippen molar-refractivity contribution in [2.75, 3.05) is 24.6 Å². The molecule has 1 heterocycles. The highest BCUT2D eigenvalue weighted by Gasteiger charge is 2.32. The highest BCUT2D eigenvalue weighted by Crippen LogP contribution is 2.08. The van der Waals surface area contributed by atoms with E-state index in [9.17, 15) is 42.9 Å². The maximum Gasteiger partial charge on any atom is 0.327 e. The normalized spacial score (nSPS) is 25.0. The number of aliphatic imine (C=N–C) groups is 1. The molecule has 0 spiro atoms. The molecule has 1 unspecified atom stereocenters. The second-order valence-electron chi connectivity index (χ2n) is 9.85. The van der Waals surface area contributed by atoms with Crippen molar-refractivity contribution in [1.82, 2.24) is 26.6 Å². The Morgan fingerprint density at radius 2 is 1.55 bits per heavy atom. The van der Waals surface area contributed by atoms with Crippen LogP contribution in [-0.4, -0.2) is 111 Å². The van der Waals surface area contributed by atoms with Crippen molar-refractivity contribution >= 4 is 58.2 Å². The SMILES string of the molecule is CC(C)C[C@@H]1NC(=O)CS(=O)C[C@@H](C(=O)O)NC(=O)[C@H](CC(=O)O)NC(=O)CNC(=O)[C@H](CCCN=C(N)N)NC1=O. The van der Waals surface area contributed by atoms with E-state index in [-0.39, 0.29) is 37.7 Å². The van der Waals surface area contributed by atoms with Crippen LogP contribution < -0.4 is 38.1 Å². The second kappa shape index (κ2) is 17.5. The molecule has 0 aromatic carbocycles. The smallest absolute Gasteiger partial charge is 0.327 e. The maximum absolute atomic E-state index is 13.1. The van der Waals surface area contributed by atoms with Crippen LogP contribution in [0.3, 0.4) is 0 Å². The quantitative estimate of drug-likeness (QED) is 0.0670. The summed E-state index contributed by atoms with van der Waals surface area (Å²) in [5.74, 6) is -9.46. The molecule has 0 bridgehead atoms. The number of carboxylic acid groups (broad SMARTS) is 2. The van der Waals surface area contributed by atoms with E-state index < -0.39 is 101 Å². The number of carbonyl (C=O) groups excluding carboxylic acids is 5. The average molecular weight is 619 g/mol. The van der Waals surface area contributed by atoms with Crippen LogP contribution in [0.2, 0.25) is 0 Å². The van der Waals surface area contributed by atoms with Crippen LogP contribution in [0.15, 0.2) is 4.99 Å². The fourth-order valence-corrected chi connectivity index (χ4v) is 4.83. The lowest BCUT2D eigenvalue weighted by molar-refractivity contribution is -0.143. The number of nitrogens with zero attached hydrogens (tertiary/aromatic N) is 1. The van der Waals surface area contributed by atoms with Crippen LogP contribution in [-0.2, 0) is 44.4 Å². The van der Waals surface area contributed by atoms with Crippen molar-refractivity contribution in [1.29, 1.82) is 0 Å². The minimum atomic E-state index is -2.15. The minimum absolute atomic E-state index is 0.0168. The van der Waals surface area contributed by atoms with Crippen molar-refractivity contribution in [3.05, 3.63) is 0 Å². The third-order valence-corrected chi connectivity index (χ3v) is 6.94. The van der Waals surface area contributed by atoms with Crippen LogP contribution in [0.4, 0.5) is 0 Å². The van der Waals surface area contributed by atoms with Crippen LogP contribution in [0.25, 0.3) is 0 Å². The summed E-state index contributed by atoms with van der Waals surface area (Å²) in [5, 5.41) is 30.0. The Balaban J connectivity index is 3.34. The zero-order chi connectivity index (χ0) is 32.0. The van der Waals surface area contributed by atoms with Crippen molar-refractivity contribution in [3.63, 3.8) is 0 Å². The summed E-state index contributed by atoms with van der Waals surface area (Å²) in [4.78, 5) is 90.7. The maximum atomic E-state index is 13.1. The predicted molar refractivity (Wildman–Crippen MR) is 148 cm³/mol. The van der Waals surface area contributed by atoms with Crippen LogP contribution >= 0.6 is 0 Å². The monoisotopic (exact) mass is 618 g/mol. The number of hydrogen-bond acceptors (Lipinski definition) is 9. The van der Waals surface area contributed by atoms with Gasteiger partial charge in [0.05, 0.1) is 18.7 Å². The lowest BCUT2D eigenvalue weighted by atomic mass is 10.0. The molecule has 5 atom stereocenters. The molecule has 1 fully saturated rings. The van der Waals surface area contributed by atoms with Crippen LogP contribution in [0.1, 0.15) is 39.5 Å². The summed E-state index contributed by atoms with van der Waals surface area (Å²) in [6.07, 6.45) is -0.561. The topological polar surface area (TPSA) is 302 Å². The van der Waals surface area contributed by atoms with Crippen LogP contribution in [0, 0.1) is 5.92 Å². The molecule has 19 heteroatoms. The highest BCUT2D eigenvalue weighted by molar-refractivity contribution is 7.85. The number of hydrogen-bond donors (Lipinski definition) is 9. The van der Waals surface area contributed by atoms with Crippen molar-refractivity contribution in [3.8, 4) is 0 Å². The summed E-state index contributed by atoms with van der Waals surface area (Å²) >= 11 is 0. The molecule has 42 heavy (non-hydrogen) atoms. The molecule has 1 aliphatic heterocycles. The number of nitrogens with two attached hydrogens (primary N) is 2. The van der Waals surface area contributed by atoms with E-state index in [0.29, 0.717) is 0 Å². The molecule has 1 rings (SSSR count). The van der Waals surface area contributed by atoms with E-state index in [1.54, 1.807) is 13.8 Å². The number of amides is 5. The van der Waals surface area contributed by atoms with Gasteiger partial charge in [0.25, 0.3) is 0 Å². The van der Waals surface area contributed by atoms with Gasteiger partial charge in [-0.05, 0) is 25.2 Å². The summed E-state index contributed by atoms with van der Waals surface area (Å²) in [6.45, 7) is 2.93. The first-order valence-electron chi connectivity index (χ1n) is 12.9. The second-order valence-corrected chi connectivity index (χ2v) is 11.3. The first kappa shape index (κ1) is 35.7. The first-order chi connectivity index (χ1) is 19.6. The third-order valence-electron chi connectivity index (χ3n) is 5.65. The van der Waals surface area contributed by atoms with Gasteiger partial charge in [0.2, 0.25) is 29.5 Å². The Bertz CT molecular complexity index is 1100. The van der Waals surface area contributed by atoms with Gasteiger partial charge < -0.3 is 48.3 Å². The van der Waals surface area contributed by atoms with Gasteiger partial charge in [-0.3, -0.25) is 38.0 Å². The van der Waals surface area contributed by atoms with Gasteiger partial charge in [0.1, 0.15) is 29.9 Å². The van der Waals surface area contributed by atoms with E-state index in [0.717, 1.165) is 0 Å². The fourth-order valence-electron chi connectivity index (χ4n) is 3.74. The van der Waals surface area contributed by atoms with E-state index in [2.05, 4.69) is 26.3 Å². The standard InChI is InChI=1S/C23H38N8O10S/c1-11(2)6-13-20(37)30-12(4-3-5-26-23(24)25)19(36)27-8-16(32)28-14(7-18(34)35)21(38)31-15(22(39)40)9-42(41)10-17(33)29-13/h11-15H,3-10H2,1-2H3,(H,27,36)(H,28,32)(H,29,33)(H,30,37)(H,31,38)(H,34,35)(H,39,40)(H4,24,25,26)/t12-,13-,14-,15-,42?/m0/s1. The molecule has 18 nitrogen and oxygen atoms in total. The van der Waals surface area contributed by atoms with Gasteiger partial charge in [-0.2, -0.15) is 0 Å². The molecule has 0 radical (unpaired) electrons.